The number of nitrogens with zero attached hydrogens (tertiary/aromatic N) is 2. The van der Waals surface area contributed by atoms with Crippen molar-refractivity contribution in [3.8, 4) is 5.75 Å². The molecular formula is C27H35FN2O4S. The highest BCUT2D eigenvalue weighted by atomic mass is 32.2. The lowest BCUT2D eigenvalue weighted by molar-refractivity contribution is 0.0731. The molecule has 0 unspecified atom stereocenters. The van der Waals surface area contributed by atoms with Gasteiger partial charge in [-0.15, -0.1) is 0 Å². The van der Waals surface area contributed by atoms with E-state index < -0.39 is 16.1 Å². The molecule has 3 atom stereocenters. The third kappa shape index (κ3) is 5.61. The van der Waals surface area contributed by atoms with Gasteiger partial charge in [0.2, 0.25) is 10.0 Å². The van der Waals surface area contributed by atoms with E-state index in [0.29, 0.717) is 24.4 Å². The van der Waals surface area contributed by atoms with Crippen LogP contribution >= 0.6 is 0 Å². The SMILES string of the molecule is C[C@@H]1CN([C@@H](C)CO)S(=O)(=O)c2ccc(C3=CCCC3)cc2O[C@H]1CN(C)Cc1ccccc1F. The van der Waals surface area contributed by atoms with E-state index in [1.54, 1.807) is 25.1 Å². The molecule has 0 radical (unpaired) electrons. The Morgan fingerprint density at radius 1 is 1.26 bits per heavy atom. The molecule has 0 amide bonds. The van der Waals surface area contributed by atoms with Crippen LogP contribution in [-0.4, -0.2) is 61.6 Å². The predicted octanol–water partition coefficient (Wildman–Crippen LogP) is 4.29. The van der Waals surface area contributed by atoms with Crippen LogP contribution in [0, 0.1) is 11.7 Å². The Morgan fingerprint density at radius 3 is 2.71 bits per heavy atom. The lowest BCUT2D eigenvalue weighted by Crippen LogP contribution is -2.49. The smallest absolute Gasteiger partial charge is 0.247 e. The fourth-order valence-corrected chi connectivity index (χ4v) is 6.69. The largest absolute Gasteiger partial charge is 0.487 e. The van der Waals surface area contributed by atoms with E-state index in [1.165, 1.54) is 15.9 Å². The highest BCUT2D eigenvalue weighted by molar-refractivity contribution is 7.89. The van der Waals surface area contributed by atoms with Crippen LogP contribution in [0.25, 0.3) is 5.57 Å². The topological polar surface area (TPSA) is 70.1 Å². The van der Waals surface area contributed by atoms with Crippen molar-refractivity contribution in [3.05, 3.63) is 65.5 Å². The van der Waals surface area contributed by atoms with Crippen molar-refractivity contribution in [3.63, 3.8) is 0 Å². The molecule has 0 aromatic heterocycles. The Labute approximate surface area is 208 Å². The van der Waals surface area contributed by atoms with Crippen LogP contribution in [0.15, 0.2) is 53.4 Å². The van der Waals surface area contributed by atoms with Gasteiger partial charge < -0.3 is 9.84 Å². The lowest BCUT2D eigenvalue weighted by Gasteiger charge is -2.37. The summed E-state index contributed by atoms with van der Waals surface area (Å²) < 4.78 is 49.3. The normalized spacial score (nSPS) is 23.2. The monoisotopic (exact) mass is 502 g/mol. The van der Waals surface area contributed by atoms with Crippen LogP contribution in [0.4, 0.5) is 4.39 Å². The van der Waals surface area contributed by atoms with Gasteiger partial charge in [-0.2, -0.15) is 4.31 Å². The summed E-state index contributed by atoms with van der Waals surface area (Å²) in [5, 5.41) is 9.82. The number of halogens is 1. The molecule has 1 N–H and O–H groups in total. The second-order valence-electron chi connectivity index (χ2n) is 9.81. The van der Waals surface area contributed by atoms with Crippen LogP contribution in [0.3, 0.4) is 0 Å². The van der Waals surface area contributed by atoms with E-state index in [0.717, 1.165) is 24.8 Å². The van der Waals surface area contributed by atoms with Gasteiger partial charge in [-0.05, 0) is 62.6 Å². The number of fused-ring (bicyclic) bond motifs is 1. The molecule has 8 heteroatoms. The number of sulfonamides is 1. The number of aliphatic hydroxyl groups excluding tert-OH is 1. The molecule has 0 bridgehead atoms. The number of benzene rings is 2. The van der Waals surface area contributed by atoms with Crippen molar-refractivity contribution in [2.45, 2.75) is 56.7 Å². The summed E-state index contributed by atoms with van der Waals surface area (Å²) >= 11 is 0. The highest BCUT2D eigenvalue weighted by Gasteiger charge is 2.38. The number of allylic oxidation sites excluding steroid dienone is 2. The number of ether oxygens (including phenoxy) is 1. The average molecular weight is 503 g/mol. The Hall–Kier alpha value is -2.26. The van der Waals surface area contributed by atoms with E-state index in [-0.39, 0.29) is 35.9 Å². The van der Waals surface area contributed by atoms with Gasteiger partial charge >= 0.3 is 0 Å². The number of hydrogen-bond acceptors (Lipinski definition) is 5. The molecule has 0 fully saturated rings. The minimum Gasteiger partial charge on any atom is -0.487 e. The molecule has 2 aromatic rings. The fraction of sp³-hybridized carbons (Fsp3) is 0.481. The zero-order valence-electron chi connectivity index (χ0n) is 20.7. The second kappa shape index (κ2) is 10.8. The van der Waals surface area contributed by atoms with Gasteiger partial charge in [0.25, 0.3) is 0 Å². The first kappa shape index (κ1) is 25.8. The predicted molar refractivity (Wildman–Crippen MR) is 135 cm³/mol. The van der Waals surface area contributed by atoms with Gasteiger partial charge in [-0.3, -0.25) is 4.90 Å². The zero-order chi connectivity index (χ0) is 25.2. The van der Waals surface area contributed by atoms with Crippen molar-refractivity contribution < 1.29 is 22.7 Å². The zero-order valence-corrected chi connectivity index (χ0v) is 21.5. The van der Waals surface area contributed by atoms with Crippen LogP contribution < -0.4 is 4.74 Å². The van der Waals surface area contributed by atoms with E-state index >= 15 is 0 Å². The molecule has 0 spiro atoms. The summed E-state index contributed by atoms with van der Waals surface area (Å²) in [6, 6.07) is 11.5. The highest BCUT2D eigenvalue weighted by Crippen LogP contribution is 2.37. The molecule has 2 aliphatic rings. The molecule has 35 heavy (non-hydrogen) atoms. The maximum atomic E-state index is 14.2. The van der Waals surface area contributed by atoms with E-state index in [2.05, 4.69) is 6.08 Å². The summed E-state index contributed by atoms with van der Waals surface area (Å²) in [5.74, 6) is -0.0783. The molecule has 1 aliphatic heterocycles. The third-order valence-corrected chi connectivity index (χ3v) is 8.99. The Kier molecular flexibility index (Phi) is 7.96. The van der Waals surface area contributed by atoms with Crippen molar-refractivity contribution in [1.29, 1.82) is 0 Å². The molecule has 0 saturated carbocycles. The summed E-state index contributed by atoms with van der Waals surface area (Å²) in [7, 11) is -1.96. The molecule has 1 aliphatic carbocycles. The first-order valence-electron chi connectivity index (χ1n) is 12.3. The molecule has 4 rings (SSSR count). The van der Waals surface area contributed by atoms with Crippen LogP contribution in [0.5, 0.6) is 5.75 Å². The number of hydrogen-bond donors (Lipinski definition) is 1. The number of rotatable bonds is 7. The molecular weight excluding hydrogens is 467 g/mol. The molecule has 1 heterocycles. The quantitative estimate of drug-likeness (QED) is 0.612. The molecule has 190 valence electrons. The van der Waals surface area contributed by atoms with Crippen molar-refractivity contribution in [1.82, 2.24) is 9.21 Å². The van der Waals surface area contributed by atoms with Gasteiger partial charge in [-0.25, -0.2) is 12.8 Å². The summed E-state index contributed by atoms with van der Waals surface area (Å²) in [6.07, 6.45) is 4.94. The minimum atomic E-state index is -3.87. The van der Waals surface area contributed by atoms with Gasteiger partial charge in [0, 0.05) is 37.2 Å². The van der Waals surface area contributed by atoms with Crippen molar-refractivity contribution in [2.24, 2.45) is 5.92 Å². The van der Waals surface area contributed by atoms with Gasteiger partial charge in [0.05, 0.1) is 6.61 Å². The first-order chi connectivity index (χ1) is 16.7. The Morgan fingerprint density at radius 2 is 2.03 bits per heavy atom. The van der Waals surface area contributed by atoms with Crippen molar-refractivity contribution >= 4 is 15.6 Å². The maximum Gasteiger partial charge on any atom is 0.247 e. The number of likely N-dealkylation sites (N-methyl/N-ethyl adjacent to an activating group) is 1. The summed E-state index contributed by atoms with van der Waals surface area (Å²) in [5.41, 5.74) is 2.78. The van der Waals surface area contributed by atoms with Gasteiger partial charge in [-0.1, -0.05) is 37.3 Å². The van der Waals surface area contributed by atoms with Crippen molar-refractivity contribution in [2.75, 3.05) is 26.7 Å². The lowest BCUT2D eigenvalue weighted by atomic mass is 10.0. The average Bonchev–Trinajstić information content (AvgIpc) is 3.37. The van der Waals surface area contributed by atoms with Gasteiger partial charge in [0.15, 0.2) is 0 Å². The molecule has 6 nitrogen and oxygen atoms in total. The van der Waals surface area contributed by atoms with Crippen LogP contribution in [0.2, 0.25) is 0 Å². The van der Waals surface area contributed by atoms with E-state index in [9.17, 15) is 17.9 Å². The number of aliphatic hydroxyl groups is 1. The van der Waals surface area contributed by atoms with Crippen LogP contribution in [-0.2, 0) is 16.6 Å². The third-order valence-electron chi connectivity index (χ3n) is 6.97. The van der Waals surface area contributed by atoms with Crippen LogP contribution in [0.1, 0.15) is 44.2 Å². The first-order valence-corrected chi connectivity index (χ1v) is 13.7. The van der Waals surface area contributed by atoms with E-state index in [4.69, 9.17) is 4.74 Å². The summed E-state index contributed by atoms with van der Waals surface area (Å²) in [4.78, 5) is 2.12. The van der Waals surface area contributed by atoms with E-state index in [1.807, 2.05) is 37.1 Å². The minimum absolute atomic E-state index is 0.119. The Bertz CT molecular complexity index is 1180. The molecule has 0 saturated heterocycles. The molecule has 2 aromatic carbocycles. The maximum absolute atomic E-state index is 14.2. The summed E-state index contributed by atoms with van der Waals surface area (Å²) in [6.45, 7) is 4.52. The second-order valence-corrected chi connectivity index (χ2v) is 11.7. The standard InChI is InChI=1S/C27H35FN2O4S/c1-19-15-30(20(2)18-31)35(32,33)27-13-12-22(21-8-4-5-9-21)14-25(27)34-26(19)17-29(3)16-23-10-6-7-11-24(23)28/h6-8,10-14,19-20,26,31H,4-5,9,15-18H2,1-3H3/t19-,20+,26+/m1/s1. The fourth-order valence-electron chi connectivity index (χ4n) is 4.87. The Balaban J connectivity index is 1.69. The van der Waals surface area contributed by atoms with Gasteiger partial charge in [0.1, 0.15) is 22.6 Å².